The maximum absolute atomic E-state index is 12.4. The number of nitrogens with zero attached hydrogens (tertiary/aromatic N) is 1. The number of aromatic nitrogens is 1. The molecular formula is C24H27N3O8. The molecule has 0 saturated carbocycles. The monoisotopic (exact) mass is 485 g/mol. The Morgan fingerprint density at radius 2 is 1.54 bits per heavy atom. The fourth-order valence-electron chi connectivity index (χ4n) is 3.39. The summed E-state index contributed by atoms with van der Waals surface area (Å²) in [6.07, 6.45) is 1.50. The third-order valence-electron chi connectivity index (χ3n) is 5.07. The Balaban J connectivity index is 1.92. The summed E-state index contributed by atoms with van der Waals surface area (Å²) in [6.45, 7) is -0.174. The van der Waals surface area contributed by atoms with E-state index in [0.29, 0.717) is 51.1 Å². The van der Waals surface area contributed by atoms with E-state index in [4.69, 9.17) is 23.5 Å². The lowest BCUT2D eigenvalue weighted by atomic mass is 10.0. The molecule has 11 heteroatoms. The van der Waals surface area contributed by atoms with Crippen LogP contribution in [0.3, 0.4) is 0 Å². The summed E-state index contributed by atoms with van der Waals surface area (Å²) in [4.78, 5) is 23.6. The van der Waals surface area contributed by atoms with Crippen molar-refractivity contribution in [2.75, 3.05) is 54.0 Å². The van der Waals surface area contributed by atoms with E-state index in [0.717, 1.165) is 0 Å². The summed E-state index contributed by atoms with van der Waals surface area (Å²) in [5, 5.41) is 9.66. The number of hydrogen-bond donors (Lipinski definition) is 2. The molecular weight excluding hydrogens is 458 g/mol. The lowest BCUT2D eigenvalue weighted by molar-refractivity contribution is -0.139. The fraction of sp³-hybridized carbons (Fsp3) is 0.292. The number of anilines is 1. The lowest BCUT2D eigenvalue weighted by Gasteiger charge is -2.14. The number of methoxy groups -OCH3 is 5. The minimum absolute atomic E-state index is 0.0834. The molecule has 11 nitrogen and oxygen atoms in total. The first-order valence-corrected chi connectivity index (χ1v) is 10.5. The number of benzene rings is 2. The molecule has 3 rings (SSSR count). The van der Waals surface area contributed by atoms with Crippen LogP contribution in [0, 0.1) is 0 Å². The highest BCUT2D eigenvalue weighted by atomic mass is 16.5. The molecule has 0 fully saturated rings. The van der Waals surface area contributed by atoms with Gasteiger partial charge >= 0.3 is 5.97 Å². The van der Waals surface area contributed by atoms with Gasteiger partial charge in [0.05, 0.1) is 54.3 Å². The number of rotatable bonds is 11. The average molecular weight is 485 g/mol. The standard InChI is InChI=1S/C24H27N3O8/c1-30-18-7-6-14(8-17(18)26-21(28)11-25-12-22(29)33-4)16-13-35-27-23(16)15-9-19(31-2)24(34-5)20(10-15)32-3/h6-10,13,25H,11-12H2,1-5H3,(H,26,28). The molecule has 2 aromatic carbocycles. The molecule has 0 radical (unpaired) electrons. The third kappa shape index (κ3) is 5.82. The minimum Gasteiger partial charge on any atom is -0.495 e. The molecule has 0 saturated heterocycles. The van der Waals surface area contributed by atoms with Crippen LogP contribution in [0.5, 0.6) is 23.0 Å². The van der Waals surface area contributed by atoms with Crippen LogP contribution in [0.1, 0.15) is 0 Å². The predicted molar refractivity (Wildman–Crippen MR) is 127 cm³/mol. The van der Waals surface area contributed by atoms with Gasteiger partial charge in [-0.1, -0.05) is 11.2 Å². The van der Waals surface area contributed by atoms with E-state index in [1.807, 2.05) is 6.07 Å². The molecule has 3 aromatic rings. The first-order chi connectivity index (χ1) is 16.9. The van der Waals surface area contributed by atoms with Gasteiger partial charge in [0.2, 0.25) is 11.7 Å². The molecule has 0 atom stereocenters. The van der Waals surface area contributed by atoms with Gasteiger partial charge in [-0.05, 0) is 29.8 Å². The van der Waals surface area contributed by atoms with Gasteiger partial charge in [0.1, 0.15) is 17.7 Å². The van der Waals surface area contributed by atoms with E-state index in [1.165, 1.54) is 41.8 Å². The van der Waals surface area contributed by atoms with E-state index in [-0.39, 0.29) is 19.0 Å². The topological polar surface area (TPSA) is 130 Å². The number of carbonyl (C=O) groups excluding carboxylic acids is 2. The van der Waals surface area contributed by atoms with E-state index in [1.54, 1.807) is 24.3 Å². The van der Waals surface area contributed by atoms with Crippen molar-refractivity contribution in [2.24, 2.45) is 0 Å². The second-order valence-corrected chi connectivity index (χ2v) is 7.13. The average Bonchev–Trinajstić information content (AvgIpc) is 3.37. The second kappa shape index (κ2) is 11.7. The summed E-state index contributed by atoms with van der Waals surface area (Å²) in [5.41, 5.74) is 3.03. The van der Waals surface area contributed by atoms with E-state index in [9.17, 15) is 9.59 Å². The van der Waals surface area contributed by atoms with Crippen molar-refractivity contribution in [3.63, 3.8) is 0 Å². The van der Waals surface area contributed by atoms with Crippen LogP contribution >= 0.6 is 0 Å². The van der Waals surface area contributed by atoms with E-state index >= 15 is 0 Å². The van der Waals surface area contributed by atoms with E-state index < -0.39 is 5.97 Å². The molecule has 0 aliphatic rings. The van der Waals surface area contributed by atoms with Crippen molar-refractivity contribution >= 4 is 17.6 Å². The van der Waals surface area contributed by atoms with Crippen molar-refractivity contribution in [3.05, 3.63) is 36.6 Å². The van der Waals surface area contributed by atoms with Gasteiger partial charge in [-0.2, -0.15) is 0 Å². The Labute approximate surface area is 202 Å². The third-order valence-corrected chi connectivity index (χ3v) is 5.07. The minimum atomic E-state index is -0.468. The molecule has 0 aliphatic carbocycles. The Hall–Kier alpha value is -4.25. The first-order valence-electron chi connectivity index (χ1n) is 10.5. The number of ether oxygens (including phenoxy) is 5. The molecule has 0 unspecified atom stereocenters. The quantitative estimate of drug-likeness (QED) is 0.391. The van der Waals surface area contributed by atoms with Crippen molar-refractivity contribution in [1.82, 2.24) is 10.5 Å². The van der Waals surface area contributed by atoms with Crippen LogP contribution in [-0.4, -0.2) is 65.7 Å². The van der Waals surface area contributed by atoms with Crippen molar-refractivity contribution in [3.8, 4) is 45.4 Å². The molecule has 186 valence electrons. The summed E-state index contributed by atoms with van der Waals surface area (Å²) in [6, 6.07) is 8.81. The lowest BCUT2D eigenvalue weighted by Crippen LogP contribution is -2.32. The van der Waals surface area contributed by atoms with Crippen LogP contribution in [-0.2, 0) is 14.3 Å². The normalized spacial score (nSPS) is 10.4. The van der Waals surface area contributed by atoms with Crippen LogP contribution in [0.4, 0.5) is 5.69 Å². The second-order valence-electron chi connectivity index (χ2n) is 7.13. The summed E-state index contributed by atoms with van der Waals surface area (Å²) in [7, 11) is 7.37. The SMILES string of the molecule is COC(=O)CNCC(=O)Nc1cc(-c2conc2-c2cc(OC)c(OC)c(OC)c2)ccc1OC. The Bertz CT molecular complexity index is 1170. The molecule has 0 bridgehead atoms. The number of hydrogen-bond acceptors (Lipinski definition) is 10. The van der Waals surface area contributed by atoms with Gasteiger partial charge in [0.15, 0.2) is 11.5 Å². The van der Waals surface area contributed by atoms with Gasteiger partial charge in [-0.3, -0.25) is 14.9 Å². The Morgan fingerprint density at radius 3 is 2.14 bits per heavy atom. The zero-order chi connectivity index (χ0) is 25.4. The van der Waals surface area contributed by atoms with Crippen LogP contribution < -0.4 is 29.6 Å². The molecule has 0 spiro atoms. The molecule has 0 aliphatic heterocycles. The Kier molecular flexibility index (Phi) is 8.52. The van der Waals surface area contributed by atoms with Gasteiger partial charge < -0.3 is 33.5 Å². The molecule has 1 amide bonds. The zero-order valence-electron chi connectivity index (χ0n) is 20.1. The van der Waals surface area contributed by atoms with Crippen LogP contribution in [0.25, 0.3) is 22.4 Å². The van der Waals surface area contributed by atoms with Gasteiger partial charge in [-0.25, -0.2) is 0 Å². The largest absolute Gasteiger partial charge is 0.495 e. The Morgan fingerprint density at radius 1 is 0.857 bits per heavy atom. The van der Waals surface area contributed by atoms with Gasteiger partial charge in [-0.15, -0.1) is 0 Å². The highest BCUT2D eigenvalue weighted by Crippen LogP contribution is 2.43. The van der Waals surface area contributed by atoms with Gasteiger partial charge in [0, 0.05) is 11.1 Å². The summed E-state index contributed by atoms with van der Waals surface area (Å²) < 4.78 is 31.5. The predicted octanol–water partition coefficient (Wildman–Crippen LogP) is 2.74. The number of amides is 1. The van der Waals surface area contributed by atoms with Crippen LogP contribution in [0.15, 0.2) is 41.1 Å². The highest BCUT2D eigenvalue weighted by Gasteiger charge is 2.20. The number of esters is 1. The van der Waals surface area contributed by atoms with E-state index in [2.05, 4.69) is 20.5 Å². The molecule has 1 heterocycles. The summed E-state index contributed by atoms with van der Waals surface area (Å²) in [5.74, 6) is 1.03. The van der Waals surface area contributed by atoms with Gasteiger partial charge in [0.25, 0.3) is 0 Å². The maximum Gasteiger partial charge on any atom is 0.319 e. The molecule has 2 N–H and O–H groups in total. The maximum atomic E-state index is 12.4. The molecule has 35 heavy (non-hydrogen) atoms. The zero-order valence-corrected chi connectivity index (χ0v) is 20.1. The molecule has 1 aromatic heterocycles. The van der Waals surface area contributed by atoms with Crippen molar-refractivity contribution in [1.29, 1.82) is 0 Å². The summed E-state index contributed by atoms with van der Waals surface area (Å²) >= 11 is 0. The number of nitrogens with one attached hydrogen (secondary N) is 2. The van der Waals surface area contributed by atoms with Crippen LogP contribution in [0.2, 0.25) is 0 Å². The fourth-order valence-corrected chi connectivity index (χ4v) is 3.39. The number of carbonyl (C=O) groups is 2. The van der Waals surface area contributed by atoms with Crippen molar-refractivity contribution < 1.29 is 37.8 Å². The first kappa shape index (κ1) is 25.4. The highest BCUT2D eigenvalue weighted by molar-refractivity contribution is 5.95. The smallest absolute Gasteiger partial charge is 0.319 e. The van der Waals surface area contributed by atoms with Crippen molar-refractivity contribution in [2.45, 2.75) is 0 Å².